The summed E-state index contributed by atoms with van der Waals surface area (Å²) in [4.78, 5) is 12.1. The van der Waals surface area contributed by atoms with Crippen molar-refractivity contribution in [3.63, 3.8) is 0 Å². The van der Waals surface area contributed by atoms with Crippen LogP contribution in [0.2, 0.25) is 10.0 Å². The van der Waals surface area contributed by atoms with Gasteiger partial charge in [0.15, 0.2) is 5.78 Å². The summed E-state index contributed by atoms with van der Waals surface area (Å²) in [5.74, 6) is 0.405. The highest BCUT2D eigenvalue weighted by atomic mass is 35.5. The predicted molar refractivity (Wildman–Crippen MR) is 90.4 cm³/mol. The Kier molecular flexibility index (Phi) is 5.22. The van der Waals surface area contributed by atoms with Gasteiger partial charge in [0.1, 0.15) is 0 Å². The number of hydrogen-bond donors (Lipinski definition) is 0. The molecular weight excluding hydrogens is 303 g/mol. The highest BCUT2D eigenvalue weighted by Crippen LogP contribution is 2.23. The third-order valence-corrected chi connectivity index (χ3v) is 3.97. The molecule has 0 heterocycles. The molecule has 0 unspecified atom stereocenters. The van der Waals surface area contributed by atoms with Crippen LogP contribution < -0.4 is 0 Å². The fourth-order valence-electron chi connectivity index (χ4n) is 1.91. The lowest BCUT2D eigenvalue weighted by Crippen LogP contribution is -1.94. The maximum Gasteiger partial charge on any atom is 0.185 e. The lowest BCUT2D eigenvalue weighted by atomic mass is 10.0. The van der Waals surface area contributed by atoms with E-state index in [9.17, 15) is 4.79 Å². The number of hydrogen-bond acceptors (Lipinski definition) is 1. The van der Waals surface area contributed by atoms with Crippen molar-refractivity contribution in [1.29, 1.82) is 0 Å². The molecule has 0 aliphatic carbocycles. The van der Waals surface area contributed by atoms with Gasteiger partial charge in [0.25, 0.3) is 0 Å². The Bertz CT molecular complexity index is 670. The molecule has 21 heavy (non-hydrogen) atoms. The highest BCUT2D eigenvalue weighted by molar-refractivity contribution is 6.42. The largest absolute Gasteiger partial charge is 0.289 e. The number of ketones is 1. The minimum absolute atomic E-state index is 0.0958. The molecule has 1 nitrogen and oxygen atoms in total. The Morgan fingerprint density at radius 3 is 2.24 bits per heavy atom. The summed E-state index contributed by atoms with van der Waals surface area (Å²) in [6.07, 6.45) is 3.35. The van der Waals surface area contributed by atoms with Crippen LogP contribution in [0.25, 0.3) is 6.08 Å². The van der Waals surface area contributed by atoms with Crippen LogP contribution in [0.1, 0.15) is 41.3 Å². The topological polar surface area (TPSA) is 17.1 Å². The highest BCUT2D eigenvalue weighted by Gasteiger charge is 2.05. The minimum Gasteiger partial charge on any atom is -0.289 e. The summed E-state index contributed by atoms with van der Waals surface area (Å²) in [5.41, 5.74) is 2.80. The predicted octanol–water partition coefficient (Wildman–Crippen LogP) is 6.01. The Labute approximate surface area is 135 Å². The molecule has 2 aromatic carbocycles. The molecule has 0 saturated heterocycles. The summed E-state index contributed by atoms with van der Waals surface area (Å²) in [7, 11) is 0. The van der Waals surface area contributed by atoms with Gasteiger partial charge in [-0.1, -0.05) is 67.4 Å². The second-order valence-corrected chi connectivity index (χ2v) is 5.96. The molecular formula is C18H16Cl2O. The van der Waals surface area contributed by atoms with Crippen molar-refractivity contribution >= 4 is 35.1 Å². The van der Waals surface area contributed by atoms with Gasteiger partial charge in [-0.3, -0.25) is 4.79 Å². The Hall–Kier alpha value is -1.57. The zero-order valence-corrected chi connectivity index (χ0v) is 13.4. The van der Waals surface area contributed by atoms with Crippen LogP contribution in [0, 0.1) is 0 Å². The fraction of sp³-hybridized carbons (Fsp3) is 0.167. The molecule has 0 aliphatic rings. The molecule has 0 atom stereocenters. The number of allylic oxidation sites excluding steroid dienone is 1. The number of carbonyl (C=O) groups is 1. The second-order valence-electron chi connectivity index (χ2n) is 5.15. The standard InChI is InChI=1S/C18H16Cl2O/c1-12(2)14-6-3-13(4-7-14)5-10-18(21)15-8-9-16(19)17(20)11-15/h3-12H,1-2H3/b10-5+. The fourth-order valence-corrected chi connectivity index (χ4v) is 2.21. The van der Waals surface area contributed by atoms with Crippen LogP contribution in [0.3, 0.4) is 0 Å². The first kappa shape index (κ1) is 15.8. The van der Waals surface area contributed by atoms with Gasteiger partial charge in [-0.25, -0.2) is 0 Å². The lowest BCUT2D eigenvalue weighted by Gasteiger charge is -2.04. The van der Waals surface area contributed by atoms with Crippen LogP contribution in [0.4, 0.5) is 0 Å². The average Bonchev–Trinajstić information content (AvgIpc) is 2.48. The lowest BCUT2D eigenvalue weighted by molar-refractivity contribution is 0.104. The van der Waals surface area contributed by atoms with Gasteiger partial charge in [-0.2, -0.15) is 0 Å². The summed E-state index contributed by atoms with van der Waals surface area (Å²) in [6.45, 7) is 4.30. The zero-order chi connectivity index (χ0) is 15.4. The molecule has 0 radical (unpaired) electrons. The van der Waals surface area contributed by atoms with E-state index in [-0.39, 0.29) is 5.78 Å². The molecule has 0 aromatic heterocycles. The van der Waals surface area contributed by atoms with Crippen molar-refractivity contribution in [2.75, 3.05) is 0 Å². The minimum atomic E-state index is -0.0958. The number of halogens is 2. The first-order chi connectivity index (χ1) is 9.97. The molecule has 0 amide bonds. The zero-order valence-electron chi connectivity index (χ0n) is 11.9. The maximum atomic E-state index is 12.1. The van der Waals surface area contributed by atoms with Gasteiger partial charge in [-0.05, 0) is 41.3 Å². The SMILES string of the molecule is CC(C)c1ccc(/C=C/C(=O)c2ccc(Cl)c(Cl)c2)cc1. The molecule has 2 aromatic rings. The molecule has 0 spiro atoms. The maximum absolute atomic E-state index is 12.1. The van der Waals surface area contributed by atoms with Crippen LogP contribution in [0.5, 0.6) is 0 Å². The smallest absolute Gasteiger partial charge is 0.185 e. The summed E-state index contributed by atoms with van der Waals surface area (Å²) in [5, 5.41) is 0.832. The molecule has 108 valence electrons. The van der Waals surface area contributed by atoms with Crippen LogP contribution in [-0.4, -0.2) is 5.78 Å². The van der Waals surface area contributed by atoms with E-state index in [1.807, 2.05) is 12.1 Å². The Balaban J connectivity index is 2.12. The Morgan fingerprint density at radius 1 is 1.00 bits per heavy atom. The summed E-state index contributed by atoms with van der Waals surface area (Å²) in [6, 6.07) is 13.0. The first-order valence-electron chi connectivity index (χ1n) is 6.75. The summed E-state index contributed by atoms with van der Waals surface area (Å²) >= 11 is 11.8. The van der Waals surface area contributed by atoms with Crippen molar-refractivity contribution in [3.8, 4) is 0 Å². The average molecular weight is 319 g/mol. The van der Waals surface area contributed by atoms with Gasteiger partial charge in [-0.15, -0.1) is 0 Å². The number of rotatable bonds is 4. The molecule has 0 aliphatic heterocycles. The van der Waals surface area contributed by atoms with Gasteiger partial charge in [0, 0.05) is 5.56 Å². The van der Waals surface area contributed by atoms with E-state index >= 15 is 0 Å². The van der Waals surface area contributed by atoms with Gasteiger partial charge >= 0.3 is 0 Å². The van der Waals surface area contributed by atoms with Crippen LogP contribution >= 0.6 is 23.2 Å². The van der Waals surface area contributed by atoms with E-state index < -0.39 is 0 Å². The van der Waals surface area contributed by atoms with E-state index in [2.05, 4.69) is 26.0 Å². The van der Waals surface area contributed by atoms with Crippen LogP contribution in [-0.2, 0) is 0 Å². The van der Waals surface area contributed by atoms with Gasteiger partial charge in [0.05, 0.1) is 10.0 Å². The summed E-state index contributed by atoms with van der Waals surface area (Å²) < 4.78 is 0. The van der Waals surface area contributed by atoms with E-state index in [0.717, 1.165) is 5.56 Å². The molecule has 0 N–H and O–H groups in total. The second kappa shape index (κ2) is 6.93. The third-order valence-electron chi connectivity index (χ3n) is 3.23. The monoisotopic (exact) mass is 318 g/mol. The number of benzene rings is 2. The van der Waals surface area contributed by atoms with Crippen molar-refractivity contribution in [2.45, 2.75) is 19.8 Å². The molecule has 0 bridgehead atoms. The van der Waals surface area contributed by atoms with Crippen molar-refractivity contribution in [1.82, 2.24) is 0 Å². The van der Waals surface area contributed by atoms with E-state index in [0.29, 0.717) is 21.5 Å². The van der Waals surface area contributed by atoms with Gasteiger partial charge in [0.2, 0.25) is 0 Å². The number of carbonyl (C=O) groups excluding carboxylic acids is 1. The van der Waals surface area contributed by atoms with Crippen LogP contribution in [0.15, 0.2) is 48.5 Å². The third kappa shape index (κ3) is 4.20. The van der Waals surface area contributed by atoms with Crippen molar-refractivity contribution < 1.29 is 4.79 Å². The Morgan fingerprint density at radius 2 is 1.67 bits per heavy atom. The van der Waals surface area contributed by atoms with E-state index in [1.54, 1.807) is 30.4 Å². The molecule has 0 saturated carbocycles. The quantitative estimate of drug-likeness (QED) is 0.498. The van der Waals surface area contributed by atoms with Crippen molar-refractivity contribution in [3.05, 3.63) is 75.3 Å². The van der Waals surface area contributed by atoms with Crippen molar-refractivity contribution in [2.24, 2.45) is 0 Å². The normalized spacial score (nSPS) is 11.3. The van der Waals surface area contributed by atoms with Gasteiger partial charge < -0.3 is 0 Å². The van der Waals surface area contributed by atoms with E-state index in [4.69, 9.17) is 23.2 Å². The molecule has 2 rings (SSSR count). The van der Waals surface area contributed by atoms with E-state index in [1.165, 1.54) is 5.56 Å². The molecule has 3 heteroatoms. The molecule has 0 fully saturated rings. The first-order valence-corrected chi connectivity index (χ1v) is 7.50.